The molecule has 0 radical (unpaired) electrons. The monoisotopic (exact) mass is 675 g/mol. The molecule has 1 N–H and O–H groups in total. The highest BCUT2D eigenvalue weighted by Crippen LogP contribution is 2.46. The zero-order valence-corrected chi connectivity index (χ0v) is 27.9. The van der Waals surface area contributed by atoms with E-state index in [1.54, 1.807) is 25.1 Å². The number of hydrogen-bond acceptors (Lipinski definition) is 10. The molecule has 5 aromatic rings. The number of benzene rings is 2. The Balaban J connectivity index is 1.47. The fraction of sp³-hybridized carbons (Fsp3) is 0.242. The van der Waals surface area contributed by atoms with E-state index in [-0.39, 0.29) is 22.2 Å². The third-order valence-electron chi connectivity index (χ3n) is 7.51. The number of carbonyl (C=O) groups excluding carboxylic acids is 2. The molecule has 0 aliphatic carbocycles. The Kier molecular flexibility index (Phi) is 9.03. The van der Waals surface area contributed by atoms with Crippen LogP contribution in [0.3, 0.4) is 0 Å². The van der Waals surface area contributed by atoms with Crippen molar-refractivity contribution in [3.05, 3.63) is 99.5 Å². The topological polar surface area (TPSA) is 119 Å². The summed E-state index contributed by atoms with van der Waals surface area (Å²) in [5.41, 5.74) is 3.83. The molecule has 46 heavy (non-hydrogen) atoms. The van der Waals surface area contributed by atoms with E-state index in [0.29, 0.717) is 56.7 Å². The predicted octanol–water partition coefficient (Wildman–Crippen LogP) is 7.17. The molecule has 1 atom stereocenters. The van der Waals surface area contributed by atoms with Gasteiger partial charge in [0.2, 0.25) is 5.13 Å². The number of anilines is 1. The Morgan fingerprint density at radius 1 is 1.02 bits per heavy atom. The van der Waals surface area contributed by atoms with Crippen molar-refractivity contribution in [3.8, 4) is 11.5 Å². The van der Waals surface area contributed by atoms with Crippen molar-refractivity contribution in [2.75, 3.05) is 18.1 Å². The number of Topliss-reactive ketones (excluding diaryl/α,β-unsaturated/α-hetero) is 1. The summed E-state index contributed by atoms with van der Waals surface area (Å²) < 4.78 is 14.1. The van der Waals surface area contributed by atoms with Crippen molar-refractivity contribution in [2.24, 2.45) is 0 Å². The molecule has 1 fully saturated rings. The molecule has 1 amide bonds. The van der Waals surface area contributed by atoms with Crippen LogP contribution in [0, 0.1) is 13.8 Å². The number of imidazole rings is 1. The van der Waals surface area contributed by atoms with Gasteiger partial charge in [0.1, 0.15) is 11.3 Å². The fourth-order valence-electron chi connectivity index (χ4n) is 5.34. The smallest absolute Gasteiger partial charge is 0.301 e. The molecular formula is C33H30ClN5O5S2. The zero-order chi connectivity index (χ0) is 32.5. The Labute approximate surface area is 278 Å². The summed E-state index contributed by atoms with van der Waals surface area (Å²) >= 11 is 8.66. The van der Waals surface area contributed by atoms with Crippen LogP contribution in [-0.4, -0.2) is 49.6 Å². The average molecular weight is 676 g/mol. The number of aromatic nitrogens is 4. The summed E-state index contributed by atoms with van der Waals surface area (Å²) in [6, 6.07) is 15.5. The lowest BCUT2D eigenvalue weighted by molar-refractivity contribution is -0.132. The molecule has 4 heterocycles. The Morgan fingerprint density at radius 2 is 1.76 bits per heavy atom. The van der Waals surface area contributed by atoms with Gasteiger partial charge in [-0.25, -0.2) is 4.98 Å². The minimum atomic E-state index is -1.04. The van der Waals surface area contributed by atoms with Crippen molar-refractivity contribution in [1.29, 1.82) is 0 Å². The van der Waals surface area contributed by atoms with Crippen LogP contribution in [0.5, 0.6) is 11.5 Å². The van der Waals surface area contributed by atoms with Crippen molar-refractivity contribution < 1.29 is 24.2 Å². The van der Waals surface area contributed by atoms with Gasteiger partial charge in [-0.1, -0.05) is 59.0 Å². The number of thioether (sulfide) groups is 1. The van der Waals surface area contributed by atoms with Crippen LogP contribution in [0.1, 0.15) is 48.0 Å². The molecule has 1 unspecified atom stereocenters. The van der Waals surface area contributed by atoms with E-state index in [1.165, 1.54) is 28.0 Å². The van der Waals surface area contributed by atoms with Gasteiger partial charge < -0.3 is 19.0 Å². The van der Waals surface area contributed by atoms with Gasteiger partial charge in [-0.2, -0.15) is 0 Å². The highest BCUT2D eigenvalue weighted by Gasteiger charge is 2.49. The number of fused-ring (bicyclic) bond motifs is 1. The average Bonchev–Trinajstić information content (AvgIpc) is 3.73. The second kappa shape index (κ2) is 13.1. The van der Waals surface area contributed by atoms with Gasteiger partial charge in [-0.3, -0.25) is 14.5 Å². The molecule has 0 spiro atoms. The number of aryl methyl sites for hydroxylation is 2. The standard InChI is InChI=1S/C33H30ClN5O5S2/c1-5-43-23-14-11-21(16-24(23)44-6-2)27-25(28(40)26-19(4)38-15-7-8-18(3)30(38)35-26)29(41)31(42)39(27)32-36-37-33(46-32)45-17-20-9-12-22(34)13-10-20/h7-16,27,40H,5-6,17H2,1-4H3/b28-25+. The van der Waals surface area contributed by atoms with E-state index in [9.17, 15) is 14.7 Å². The maximum Gasteiger partial charge on any atom is 0.301 e. The van der Waals surface area contributed by atoms with Crippen molar-refractivity contribution in [3.63, 3.8) is 0 Å². The maximum absolute atomic E-state index is 13.8. The number of halogens is 1. The Hall–Kier alpha value is -4.39. The molecule has 10 nitrogen and oxygen atoms in total. The van der Waals surface area contributed by atoms with Gasteiger partial charge in [0.05, 0.1) is 30.5 Å². The second-order valence-electron chi connectivity index (χ2n) is 10.4. The van der Waals surface area contributed by atoms with Crippen LogP contribution in [-0.2, 0) is 15.3 Å². The number of amides is 1. The normalized spacial score (nSPS) is 16.0. The number of ether oxygens (including phenoxy) is 2. The highest BCUT2D eigenvalue weighted by atomic mass is 35.5. The van der Waals surface area contributed by atoms with Crippen LogP contribution >= 0.6 is 34.7 Å². The molecule has 0 bridgehead atoms. The summed E-state index contributed by atoms with van der Waals surface area (Å²) in [5.74, 6) is -0.483. The quantitative estimate of drug-likeness (QED) is 0.0540. The van der Waals surface area contributed by atoms with E-state index in [1.807, 2.05) is 67.8 Å². The second-order valence-corrected chi connectivity index (χ2v) is 13.1. The van der Waals surface area contributed by atoms with E-state index >= 15 is 0 Å². The Morgan fingerprint density at radius 3 is 2.48 bits per heavy atom. The van der Waals surface area contributed by atoms with Crippen LogP contribution < -0.4 is 14.4 Å². The van der Waals surface area contributed by atoms with E-state index in [4.69, 9.17) is 21.1 Å². The fourth-order valence-corrected chi connectivity index (χ4v) is 7.29. The van der Waals surface area contributed by atoms with Crippen molar-refractivity contribution in [1.82, 2.24) is 19.6 Å². The van der Waals surface area contributed by atoms with E-state index < -0.39 is 17.7 Å². The van der Waals surface area contributed by atoms with Gasteiger partial charge in [0.15, 0.2) is 21.6 Å². The minimum Gasteiger partial charge on any atom is -0.505 e. The first-order valence-electron chi connectivity index (χ1n) is 14.6. The lowest BCUT2D eigenvalue weighted by Gasteiger charge is -2.23. The number of hydrogen-bond donors (Lipinski definition) is 1. The maximum atomic E-state index is 13.8. The van der Waals surface area contributed by atoms with E-state index in [0.717, 1.165) is 11.1 Å². The number of ketones is 1. The molecule has 3 aromatic heterocycles. The van der Waals surface area contributed by atoms with Gasteiger partial charge in [0, 0.05) is 17.0 Å². The SMILES string of the molecule is CCOc1ccc(C2/C(=C(\O)c3nc4c(C)cccn4c3C)C(=O)C(=O)N2c2nnc(SCc3ccc(Cl)cc3)s2)cc1OCC. The number of nitrogens with zero attached hydrogens (tertiary/aromatic N) is 5. The summed E-state index contributed by atoms with van der Waals surface area (Å²) in [5, 5.41) is 21.3. The summed E-state index contributed by atoms with van der Waals surface area (Å²) in [6.45, 7) is 8.23. The van der Waals surface area contributed by atoms with Crippen LogP contribution in [0.2, 0.25) is 5.02 Å². The molecule has 0 saturated carbocycles. The van der Waals surface area contributed by atoms with Gasteiger partial charge >= 0.3 is 5.91 Å². The molecule has 1 saturated heterocycles. The number of carbonyl (C=O) groups is 2. The molecular weight excluding hydrogens is 646 g/mol. The molecule has 2 aromatic carbocycles. The molecule has 6 rings (SSSR count). The zero-order valence-electron chi connectivity index (χ0n) is 25.5. The summed E-state index contributed by atoms with van der Waals surface area (Å²) in [4.78, 5) is 33.6. The first kappa shape index (κ1) is 31.6. The lowest BCUT2D eigenvalue weighted by atomic mass is 9.96. The molecule has 236 valence electrons. The number of aliphatic hydroxyl groups excluding tert-OH is 1. The van der Waals surface area contributed by atoms with Crippen LogP contribution in [0.4, 0.5) is 5.13 Å². The third kappa shape index (κ3) is 5.83. The first-order chi connectivity index (χ1) is 22.2. The molecule has 1 aliphatic heterocycles. The number of aliphatic hydroxyl groups is 1. The molecule has 1 aliphatic rings. The molecule has 13 heteroatoms. The third-order valence-corrected chi connectivity index (χ3v) is 9.89. The first-order valence-corrected chi connectivity index (χ1v) is 16.8. The Bertz CT molecular complexity index is 1990. The summed E-state index contributed by atoms with van der Waals surface area (Å²) in [7, 11) is 0. The predicted molar refractivity (Wildman–Crippen MR) is 179 cm³/mol. The van der Waals surface area contributed by atoms with Gasteiger partial charge in [-0.15, -0.1) is 10.2 Å². The van der Waals surface area contributed by atoms with Crippen molar-refractivity contribution in [2.45, 2.75) is 43.8 Å². The van der Waals surface area contributed by atoms with Crippen molar-refractivity contribution >= 4 is 62.9 Å². The van der Waals surface area contributed by atoms with Gasteiger partial charge in [0.25, 0.3) is 5.78 Å². The minimum absolute atomic E-state index is 0.105. The van der Waals surface area contributed by atoms with Crippen LogP contribution in [0.15, 0.2) is 70.7 Å². The van der Waals surface area contributed by atoms with Gasteiger partial charge in [-0.05, 0) is 74.7 Å². The largest absolute Gasteiger partial charge is 0.505 e. The lowest BCUT2D eigenvalue weighted by Crippen LogP contribution is -2.29. The highest BCUT2D eigenvalue weighted by molar-refractivity contribution is 8.00. The van der Waals surface area contributed by atoms with Crippen LogP contribution in [0.25, 0.3) is 11.4 Å². The number of rotatable bonds is 10. The summed E-state index contributed by atoms with van der Waals surface area (Å²) in [6.07, 6.45) is 1.84. The number of pyridine rings is 1. The van der Waals surface area contributed by atoms with E-state index in [2.05, 4.69) is 15.2 Å².